The summed E-state index contributed by atoms with van der Waals surface area (Å²) in [6, 6.07) is 5.17. The summed E-state index contributed by atoms with van der Waals surface area (Å²) < 4.78 is 39.1. The van der Waals surface area contributed by atoms with E-state index in [1.54, 1.807) is 0 Å². The molecule has 0 aromatic heterocycles. The van der Waals surface area contributed by atoms with Gasteiger partial charge in [-0.1, -0.05) is 0 Å². The van der Waals surface area contributed by atoms with Crippen molar-refractivity contribution in [2.24, 2.45) is 5.92 Å². The van der Waals surface area contributed by atoms with Gasteiger partial charge in [0.2, 0.25) is 0 Å². The number of alkyl halides is 3. The Morgan fingerprint density at radius 2 is 1.68 bits per heavy atom. The van der Waals surface area contributed by atoms with Crippen LogP contribution in [0.25, 0.3) is 0 Å². The van der Waals surface area contributed by atoms with Crippen molar-refractivity contribution in [3.8, 4) is 0 Å². The Labute approximate surface area is 125 Å². The lowest BCUT2D eigenvalue weighted by Gasteiger charge is -2.36. The zero-order chi connectivity index (χ0) is 16.7. The van der Waals surface area contributed by atoms with E-state index < -0.39 is 29.5 Å². The second-order valence-electron chi connectivity index (χ2n) is 5.88. The van der Waals surface area contributed by atoms with Crippen molar-refractivity contribution in [2.45, 2.75) is 32.0 Å². The molecule has 1 N–H and O–H groups in total. The molecule has 0 bridgehead atoms. The fourth-order valence-electron chi connectivity index (χ4n) is 2.93. The molecule has 1 aromatic carbocycles. The highest BCUT2D eigenvalue weighted by Gasteiger charge is 2.56. The van der Waals surface area contributed by atoms with Gasteiger partial charge in [-0.25, -0.2) is 4.79 Å². The quantitative estimate of drug-likeness (QED) is 0.912. The first kappa shape index (κ1) is 16.3. The zero-order valence-corrected chi connectivity index (χ0v) is 12.1. The fourth-order valence-corrected chi connectivity index (χ4v) is 2.93. The summed E-state index contributed by atoms with van der Waals surface area (Å²) >= 11 is 0. The number of benzene rings is 1. The second-order valence-corrected chi connectivity index (χ2v) is 5.88. The highest BCUT2D eigenvalue weighted by atomic mass is 19.4. The Balaban J connectivity index is 2.25. The van der Waals surface area contributed by atoms with Gasteiger partial charge in [-0.05, 0) is 44.5 Å². The van der Waals surface area contributed by atoms with Crippen LogP contribution in [-0.2, 0) is 0 Å². The largest absolute Gasteiger partial charge is 0.478 e. The average Bonchev–Trinajstić information content (AvgIpc) is 2.73. The number of carbonyl (C=O) groups excluding carboxylic acids is 1. The van der Waals surface area contributed by atoms with Crippen LogP contribution in [0.15, 0.2) is 24.3 Å². The molecule has 1 aromatic rings. The maximum absolute atomic E-state index is 13.0. The predicted molar refractivity (Wildman–Crippen MR) is 72.7 cm³/mol. The van der Waals surface area contributed by atoms with Crippen molar-refractivity contribution in [1.29, 1.82) is 0 Å². The van der Waals surface area contributed by atoms with Crippen molar-refractivity contribution in [3.63, 3.8) is 0 Å². The Bertz CT molecular complexity index is 593. The Hall–Kier alpha value is -2.05. The molecule has 1 fully saturated rings. The van der Waals surface area contributed by atoms with E-state index in [2.05, 4.69) is 0 Å². The Morgan fingerprint density at radius 3 is 2.09 bits per heavy atom. The molecule has 1 amide bonds. The van der Waals surface area contributed by atoms with Gasteiger partial charge in [0, 0.05) is 17.6 Å². The van der Waals surface area contributed by atoms with Gasteiger partial charge in [0.1, 0.15) is 0 Å². The Morgan fingerprint density at radius 1 is 1.18 bits per heavy atom. The van der Waals surface area contributed by atoms with Gasteiger partial charge in [0.25, 0.3) is 5.91 Å². The van der Waals surface area contributed by atoms with E-state index in [0.717, 1.165) is 0 Å². The van der Waals surface area contributed by atoms with E-state index in [-0.39, 0.29) is 24.1 Å². The molecule has 1 heterocycles. The van der Waals surface area contributed by atoms with E-state index in [9.17, 15) is 22.8 Å². The van der Waals surface area contributed by atoms with Crippen molar-refractivity contribution in [3.05, 3.63) is 35.4 Å². The van der Waals surface area contributed by atoms with E-state index >= 15 is 0 Å². The van der Waals surface area contributed by atoms with E-state index in [1.165, 1.54) is 43.0 Å². The lowest BCUT2D eigenvalue weighted by atomic mass is 9.87. The fraction of sp³-hybridized carbons (Fsp3) is 0.467. The van der Waals surface area contributed by atoms with Crippen LogP contribution >= 0.6 is 0 Å². The third-order valence-corrected chi connectivity index (χ3v) is 4.21. The standard InChI is InChI=1S/C15H16F3NO3/c1-14(2)11(15(16,17)18)7-8-19(14)12(20)9-3-5-10(6-4-9)13(21)22/h3-6,11H,7-8H2,1-2H3,(H,21,22). The molecule has 1 saturated heterocycles. The molecular weight excluding hydrogens is 299 g/mol. The number of hydrogen-bond donors (Lipinski definition) is 1. The summed E-state index contributed by atoms with van der Waals surface area (Å²) in [7, 11) is 0. The van der Waals surface area contributed by atoms with Gasteiger partial charge in [-0.3, -0.25) is 4.79 Å². The maximum atomic E-state index is 13.0. The van der Waals surface area contributed by atoms with E-state index in [1.807, 2.05) is 0 Å². The predicted octanol–water partition coefficient (Wildman–Crippen LogP) is 3.19. The summed E-state index contributed by atoms with van der Waals surface area (Å²) in [5.41, 5.74) is -1.13. The number of hydrogen-bond acceptors (Lipinski definition) is 2. The lowest BCUT2D eigenvalue weighted by Crippen LogP contribution is -2.49. The number of carbonyl (C=O) groups is 2. The van der Waals surface area contributed by atoms with E-state index in [4.69, 9.17) is 5.11 Å². The van der Waals surface area contributed by atoms with Crippen LogP contribution in [0, 0.1) is 5.92 Å². The number of nitrogens with zero attached hydrogens (tertiary/aromatic N) is 1. The number of halogens is 3. The van der Waals surface area contributed by atoms with Crippen LogP contribution in [0.1, 0.15) is 41.0 Å². The van der Waals surface area contributed by atoms with Gasteiger partial charge >= 0.3 is 12.1 Å². The smallest absolute Gasteiger partial charge is 0.394 e. The number of rotatable bonds is 2. The van der Waals surface area contributed by atoms with Gasteiger partial charge in [0.05, 0.1) is 11.5 Å². The molecule has 1 aliphatic heterocycles. The first-order chi connectivity index (χ1) is 10.0. The van der Waals surface area contributed by atoms with Gasteiger partial charge in [-0.15, -0.1) is 0 Å². The molecule has 1 unspecified atom stereocenters. The monoisotopic (exact) mass is 315 g/mol. The third kappa shape index (κ3) is 2.80. The Kier molecular flexibility index (Phi) is 3.93. The third-order valence-electron chi connectivity index (χ3n) is 4.21. The minimum Gasteiger partial charge on any atom is -0.478 e. The first-order valence-corrected chi connectivity index (χ1v) is 6.77. The number of carboxylic acids is 1. The van der Waals surface area contributed by atoms with Crippen molar-refractivity contribution >= 4 is 11.9 Å². The summed E-state index contributed by atoms with van der Waals surface area (Å²) in [6.45, 7) is 2.83. The minimum absolute atomic E-state index is 0.0189. The normalized spacial score (nSPS) is 21.0. The molecule has 0 radical (unpaired) electrons. The van der Waals surface area contributed by atoms with Crippen LogP contribution < -0.4 is 0 Å². The van der Waals surface area contributed by atoms with Gasteiger partial charge < -0.3 is 10.0 Å². The topological polar surface area (TPSA) is 57.6 Å². The van der Waals surface area contributed by atoms with Crippen LogP contribution in [0.3, 0.4) is 0 Å². The minimum atomic E-state index is -4.36. The van der Waals surface area contributed by atoms with Crippen molar-refractivity contribution in [2.75, 3.05) is 6.54 Å². The summed E-state index contributed by atoms with van der Waals surface area (Å²) in [6.07, 6.45) is -4.48. The lowest BCUT2D eigenvalue weighted by molar-refractivity contribution is -0.189. The van der Waals surface area contributed by atoms with Crippen LogP contribution in [0.4, 0.5) is 13.2 Å². The summed E-state index contributed by atoms with van der Waals surface area (Å²) in [4.78, 5) is 24.4. The molecule has 120 valence electrons. The highest BCUT2D eigenvalue weighted by Crippen LogP contribution is 2.45. The molecule has 22 heavy (non-hydrogen) atoms. The van der Waals surface area contributed by atoms with Crippen molar-refractivity contribution in [1.82, 2.24) is 4.90 Å². The van der Waals surface area contributed by atoms with E-state index in [0.29, 0.717) is 0 Å². The molecule has 0 saturated carbocycles. The van der Waals surface area contributed by atoms with Crippen LogP contribution in [0.5, 0.6) is 0 Å². The molecule has 0 aliphatic carbocycles. The molecule has 0 spiro atoms. The first-order valence-electron chi connectivity index (χ1n) is 6.77. The maximum Gasteiger partial charge on any atom is 0.394 e. The van der Waals surface area contributed by atoms with Crippen LogP contribution in [0.2, 0.25) is 0 Å². The average molecular weight is 315 g/mol. The number of likely N-dealkylation sites (tertiary alicyclic amines) is 1. The summed E-state index contributed by atoms with van der Waals surface area (Å²) in [5.74, 6) is -3.21. The van der Waals surface area contributed by atoms with Gasteiger partial charge in [0.15, 0.2) is 0 Å². The van der Waals surface area contributed by atoms with Crippen LogP contribution in [-0.4, -0.2) is 40.1 Å². The number of amides is 1. The molecule has 1 atom stereocenters. The number of aromatic carboxylic acids is 1. The van der Waals surface area contributed by atoms with Crippen molar-refractivity contribution < 1.29 is 27.9 Å². The molecule has 1 aliphatic rings. The number of carboxylic acid groups (broad SMARTS) is 1. The second kappa shape index (κ2) is 5.30. The highest BCUT2D eigenvalue weighted by molar-refractivity contribution is 5.96. The molecule has 4 nitrogen and oxygen atoms in total. The molecule has 2 rings (SSSR count). The molecule has 7 heteroatoms. The molecular formula is C15H16F3NO3. The summed E-state index contributed by atoms with van der Waals surface area (Å²) in [5, 5.41) is 8.81. The SMILES string of the molecule is CC1(C)C(C(F)(F)F)CCN1C(=O)c1ccc(C(=O)O)cc1. The zero-order valence-electron chi connectivity index (χ0n) is 12.1. The van der Waals surface area contributed by atoms with Gasteiger partial charge in [-0.2, -0.15) is 13.2 Å².